The highest BCUT2D eigenvalue weighted by Gasteiger charge is 2.30. The van der Waals surface area contributed by atoms with E-state index in [9.17, 15) is 9.59 Å². The van der Waals surface area contributed by atoms with Gasteiger partial charge in [-0.15, -0.1) is 0 Å². The van der Waals surface area contributed by atoms with Crippen molar-refractivity contribution in [2.45, 2.75) is 25.8 Å². The summed E-state index contributed by atoms with van der Waals surface area (Å²) >= 11 is 5.74. The van der Waals surface area contributed by atoms with Crippen LogP contribution in [0, 0.1) is 5.92 Å². The second-order valence-corrected chi connectivity index (χ2v) is 5.64. The molecule has 21 heavy (non-hydrogen) atoms. The van der Waals surface area contributed by atoms with E-state index in [0.29, 0.717) is 23.9 Å². The maximum atomic E-state index is 12.2. The number of carboxylic acids is 1. The summed E-state index contributed by atoms with van der Waals surface area (Å²) in [4.78, 5) is 29.1. The minimum absolute atomic E-state index is 0.132. The molecular formula is C14H18ClN3O3. The lowest BCUT2D eigenvalue weighted by atomic mass is 9.96. The number of hydrogen-bond acceptors (Lipinski definition) is 4. The van der Waals surface area contributed by atoms with Gasteiger partial charge in [-0.1, -0.05) is 11.6 Å². The van der Waals surface area contributed by atoms with E-state index in [2.05, 4.69) is 10.3 Å². The summed E-state index contributed by atoms with van der Waals surface area (Å²) in [5.41, 5.74) is 0. The van der Waals surface area contributed by atoms with Gasteiger partial charge in [-0.05, 0) is 38.4 Å². The molecule has 2 atom stereocenters. The number of anilines is 1. The number of nitrogens with zero attached hydrogens (tertiary/aromatic N) is 2. The van der Waals surface area contributed by atoms with Gasteiger partial charge in [0.15, 0.2) is 0 Å². The summed E-state index contributed by atoms with van der Waals surface area (Å²) in [5.74, 6) is -0.770. The van der Waals surface area contributed by atoms with E-state index in [1.54, 1.807) is 19.1 Å². The molecule has 0 spiro atoms. The topological polar surface area (TPSA) is 82.5 Å². The zero-order valence-electron chi connectivity index (χ0n) is 11.8. The smallest absolute Gasteiger partial charge is 0.320 e. The van der Waals surface area contributed by atoms with Crippen LogP contribution in [0.3, 0.4) is 0 Å². The molecule has 2 heterocycles. The molecule has 1 amide bonds. The molecule has 0 saturated carbocycles. The number of hydrogen-bond donors (Lipinski definition) is 2. The van der Waals surface area contributed by atoms with Gasteiger partial charge in [-0.25, -0.2) is 4.98 Å². The third kappa shape index (κ3) is 4.15. The molecule has 1 fully saturated rings. The fourth-order valence-electron chi connectivity index (χ4n) is 2.41. The van der Waals surface area contributed by atoms with Crippen LogP contribution < -0.4 is 5.32 Å². The van der Waals surface area contributed by atoms with Crippen molar-refractivity contribution in [1.82, 2.24) is 9.88 Å². The quantitative estimate of drug-likeness (QED) is 0.887. The summed E-state index contributed by atoms with van der Waals surface area (Å²) in [7, 11) is 0. The van der Waals surface area contributed by atoms with Gasteiger partial charge >= 0.3 is 5.97 Å². The van der Waals surface area contributed by atoms with Crippen LogP contribution in [0.1, 0.15) is 19.8 Å². The van der Waals surface area contributed by atoms with E-state index in [1.807, 2.05) is 4.90 Å². The number of carboxylic acid groups (broad SMARTS) is 1. The van der Waals surface area contributed by atoms with E-state index >= 15 is 0 Å². The Morgan fingerprint density at radius 1 is 1.52 bits per heavy atom. The predicted octanol–water partition coefficient (Wildman–Crippen LogP) is 1.86. The number of nitrogens with one attached hydrogen (secondary N) is 1. The number of halogens is 1. The lowest BCUT2D eigenvalue weighted by Gasteiger charge is -2.34. The standard InChI is InChI=1S/C14H18ClN3O3/c1-9(14(20)21)18-6-2-3-10(8-18)13(19)17-12-5-4-11(15)7-16-12/h4-5,7,9-10H,2-3,6,8H2,1H3,(H,20,21)(H,16,17,19)/t9-,10-/m1/s1. The number of pyridine rings is 1. The van der Waals surface area contributed by atoms with Crippen molar-refractivity contribution >= 4 is 29.3 Å². The van der Waals surface area contributed by atoms with Crippen LogP contribution in [0.4, 0.5) is 5.82 Å². The Hall–Kier alpha value is -1.66. The Morgan fingerprint density at radius 2 is 2.29 bits per heavy atom. The lowest BCUT2D eigenvalue weighted by Crippen LogP contribution is -2.47. The number of carbonyl (C=O) groups excluding carboxylic acids is 1. The van der Waals surface area contributed by atoms with E-state index in [4.69, 9.17) is 16.7 Å². The van der Waals surface area contributed by atoms with Crippen molar-refractivity contribution < 1.29 is 14.7 Å². The Bertz CT molecular complexity index is 521. The van der Waals surface area contributed by atoms with Gasteiger partial charge in [0.2, 0.25) is 5.91 Å². The number of likely N-dealkylation sites (tertiary alicyclic amines) is 1. The Balaban J connectivity index is 1.95. The summed E-state index contributed by atoms with van der Waals surface area (Å²) in [5, 5.41) is 12.3. The molecule has 1 aliphatic rings. The van der Waals surface area contributed by atoms with Crippen molar-refractivity contribution in [1.29, 1.82) is 0 Å². The zero-order valence-corrected chi connectivity index (χ0v) is 12.5. The molecule has 0 unspecified atom stereocenters. The minimum Gasteiger partial charge on any atom is -0.480 e. The molecule has 2 rings (SSSR count). The fraction of sp³-hybridized carbons (Fsp3) is 0.500. The second kappa shape index (κ2) is 6.87. The van der Waals surface area contributed by atoms with Crippen LogP contribution in [0.2, 0.25) is 5.02 Å². The van der Waals surface area contributed by atoms with Gasteiger partial charge in [0.05, 0.1) is 10.9 Å². The minimum atomic E-state index is -0.865. The molecule has 7 heteroatoms. The number of piperidine rings is 1. The van der Waals surface area contributed by atoms with E-state index in [1.165, 1.54) is 6.20 Å². The average molecular weight is 312 g/mol. The summed E-state index contributed by atoms with van der Waals surface area (Å²) in [6, 6.07) is 2.72. The van der Waals surface area contributed by atoms with Crippen molar-refractivity contribution in [3.05, 3.63) is 23.4 Å². The third-order valence-electron chi connectivity index (χ3n) is 3.71. The molecule has 1 aromatic heterocycles. The van der Waals surface area contributed by atoms with Crippen LogP contribution >= 0.6 is 11.6 Å². The number of aliphatic carboxylic acids is 1. The van der Waals surface area contributed by atoms with E-state index in [0.717, 1.165) is 12.8 Å². The molecule has 6 nitrogen and oxygen atoms in total. The molecule has 0 aromatic carbocycles. The first-order chi connectivity index (χ1) is 9.97. The van der Waals surface area contributed by atoms with Crippen LogP contribution in [0.5, 0.6) is 0 Å². The molecule has 0 radical (unpaired) electrons. The van der Waals surface area contributed by atoms with Crippen LogP contribution in [-0.4, -0.2) is 46.0 Å². The summed E-state index contributed by atoms with van der Waals surface area (Å²) in [6.45, 7) is 2.80. The van der Waals surface area contributed by atoms with Crippen LogP contribution in [0.25, 0.3) is 0 Å². The largest absolute Gasteiger partial charge is 0.480 e. The highest BCUT2D eigenvalue weighted by Crippen LogP contribution is 2.20. The molecule has 1 aliphatic heterocycles. The Kier molecular flexibility index (Phi) is 5.14. The summed E-state index contributed by atoms with van der Waals surface area (Å²) < 4.78 is 0. The van der Waals surface area contributed by atoms with Crippen molar-refractivity contribution in [3.63, 3.8) is 0 Å². The molecular weight excluding hydrogens is 294 g/mol. The Morgan fingerprint density at radius 3 is 2.90 bits per heavy atom. The van der Waals surface area contributed by atoms with Gasteiger partial charge in [-0.2, -0.15) is 0 Å². The fourth-order valence-corrected chi connectivity index (χ4v) is 2.52. The molecule has 0 bridgehead atoms. The van der Waals surface area contributed by atoms with Crippen molar-refractivity contribution in [2.75, 3.05) is 18.4 Å². The van der Waals surface area contributed by atoms with Crippen LogP contribution in [-0.2, 0) is 9.59 Å². The number of rotatable bonds is 4. The van der Waals surface area contributed by atoms with E-state index in [-0.39, 0.29) is 11.8 Å². The molecule has 114 valence electrons. The molecule has 1 aromatic rings. The van der Waals surface area contributed by atoms with Gasteiger partial charge in [0.25, 0.3) is 0 Å². The number of amides is 1. The van der Waals surface area contributed by atoms with Gasteiger partial charge in [0.1, 0.15) is 11.9 Å². The highest BCUT2D eigenvalue weighted by molar-refractivity contribution is 6.30. The predicted molar refractivity (Wildman–Crippen MR) is 79.3 cm³/mol. The summed E-state index contributed by atoms with van der Waals surface area (Å²) in [6.07, 6.45) is 3.03. The SMILES string of the molecule is C[C@H](C(=O)O)N1CCC[C@@H](C(=O)Nc2ccc(Cl)cn2)C1. The molecule has 2 N–H and O–H groups in total. The van der Waals surface area contributed by atoms with Crippen molar-refractivity contribution in [3.8, 4) is 0 Å². The second-order valence-electron chi connectivity index (χ2n) is 5.20. The molecule has 0 aliphatic carbocycles. The maximum absolute atomic E-state index is 12.2. The lowest BCUT2D eigenvalue weighted by molar-refractivity contribution is -0.144. The first kappa shape index (κ1) is 15.7. The molecule has 1 saturated heterocycles. The third-order valence-corrected chi connectivity index (χ3v) is 3.93. The highest BCUT2D eigenvalue weighted by atomic mass is 35.5. The maximum Gasteiger partial charge on any atom is 0.320 e. The Labute approximate surface area is 128 Å². The van der Waals surface area contributed by atoms with Gasteiger partial charge < -0.3 is 10.4 Å². The van der Waals surface area contributed by atoms with Crippen LogP contribution in [0.15, 0.2) is 18.3 Å². The van der Waals surface area contributed by atoms with Gasteiger partial charge in [0, 0.05) is 12.7 Å². The zero-order chi connectivity index (χ0) is 15.4. The first-order valence-electron chi connectivity index (χ1n) is 6.86. The normalized spacial score (nSPS) is 20.8. The monoisotopic (exact) mass is 311 g/mol. The van der Waals surface area contributed by atoms with E-state index < -0.39 is 12.0 Å². The first-order valence-corrected chi connectivity index (χ1v) is 7.24. The number of aromatic nitrogens is 1. The number of carbonyl (C=O) groups is 2. The average Bonchev–Trinajstić information content (AvgIpc) is 2.48. The van der Waals surface area contributed by atoms with Gasteiger partial charge in [-0.3, -0.25) is 14.5 Å². The van der Waals surface area contributed by atoms with Crippen molar-refractivity contribution in [2.24, 2.45) is 5.92 Å².